The Morgan fingerprint density at radius 1 is 0.972 bits per heavy atom. The average molecular weight is 498 g/mol. The number of fused-ring (bicyclic) bond motifs is 1. The Bertz CT molecular complexity index is 1470. The average Bonchev–Trinajstić information content (AvgIpc) is 3.55. The van der Waals surface area contributed by atoms with E-state index in [1.165, 1.54) is 16.9 Å². The molecule has 1 aliphatic carbocycles. The number of nitrogens with two attached hydrogens (primary N) is 2. The standard InChI is InChI=1S/C26H27N9S/c27-18-8-6-16(7-9-18)22-21(12-15-4-2-1-3-5-15)32-25(28)34-23(22)35-26-33-20-11-10-19(31-24(20)36-26)17-13-29-30-14-17/h1-5,10-11,13-14,16,18H,6-9,12,27H2,(H,29,30)(H3,28,32,33,34,35)/t16-,18-. The predicted octanol–water partition coefficient (Wildman–Crippen LogP) is 4.77. The fourth-order valence-electron chi connectivity index (χ4n) is 4.91. The van der Waals surface area contributed by atoms with Crippen molar-refractivity contribution in [2.45, 2.75) is 44.1 Å². The molecule has 4 heterocycles. The van der Waals surface area contributed by atoms with Crippen LogP contribution < -0.4 is 16.8 Å². The van der Waals surface area contributed by atoms with Crippen LogP contribution in [-0.4, -0.2) is 36.2 Å². The van der Waals surface area contributed by atoms with Gasteiger partial charge in [0.25, 0.3) is 0 Å². The van der Waals surface area contributed by atoms with Crippen LogP contribution in [0.4, 0.5) is 16.9 Å². The number of nitrogens with one attached hydrogen (secondary N) is 2. The molecular formula is C26H27N9S. The number of pyridine rings is 1. The van der Waals surface area contributed by atoms with Crippen molar-refractivity contribution in [2.75, 3.05) is 11.1 Å². The third-order valence-electron chi connectivity index (χ3n) is 6.71. The first-order valence-corrected chi connectivity index (χ1v) is 12.9. The normalized spacial score (nSPS) is 17.9. The Hall–Kier alpha value is -3.89. The molecular weight excluding hydrogens is 470 g/mol. The first-order valence-electron chi connectivity index (χ1n) is 12.1. The van der Waals surface area contributed by atoms with Gasteiger partial charge in [0.1, 0.15) is 16.2 Å². The van der Waals surface area contributed by atoms with Gasteiger partial charge in [0.05, 0.1) is 17.6 Å². The Labute approximate surface area is 212 Å². The van der Waals surface area contributed by atoms with E-state index in [2.05, 4.69) is 32.6 Å². The summed E-state index contributed by atoms with van der Waals surface area (Å²) < 4.78 is 0. The Morgan fingerprint density at radius 3 is 2.58 bits per heavy atom. The van der Waals surface area contributed by atoms with E-state index in [0.717, 1.165) is 69.5 Å². The lowest BCUT2D eigenvalue weighted by Gasteiger charge is -2.29. The second-order valence-corrected chi connectivity index (χ2v) is 10.2. The smallest absolute Gasteiger partial charge is 0.222 e. The van der Waals surface area contributed by atoms with Crippen molar-refractivity contribution < 1.29 is 0 Å². The van der Waals surface area contributed by atoms with Crippen LogP contribution >= 0.6 is 11.3 Å². The van der Waals surface area contributed by atoms with E-state index in [1.54, 1.807) is 6.20 Å². The maximum Gasteiger partial charge on any atom is 0.222 e. The molecule has 6 N–H and O–H groups in total. The molecule has 1 saturated carbocycles. The molecule has 0 saturated heterocycles. The summed E-state index contributed by atoms with van der Waals surface area (Å²) in [6, 6.07) is 14.5. The summed E-state index contributed by atoms with van der Waals surface area (Å²) in [5.74, 6) is 1.29. The van der Waals surface area contributed by atoms with Crippen LogP contribution in [0.25, 0.3) is 21.6 Å². The summed E-state index contributed by atoms with van der Waals surface area (Å²) in [5.41, 5.74) is 18.3. The van der Waals surface area contributed by atoms with Crippen molar-refractivity contribution in [2.24, 2.45) is 5.73 Å². The number of hydrogen-bond acceptors (Lipinski definition) is 9. The van der Waals surface area contributed by atoms with Crippen LogP contribution in [-0.2, 0) is 6.42 Å². The highest BCUT2D eigenvalue weighted by Crippen LogP contribution is 2.40. The van der Waals surface area contributed by atoms with Crippen LogP contribution in [0.15, 0.2) is 54.9 Å². The van der Waals surface area contributed by atoms with Crippen molar-refractivity contribution in [1.82, 2.24) is 30.1 Å². The molecule has 6 rings (SSSR count). The molecule has 36 heavy (non-hydrogen) atoms. The minimum Gasteiger partial charge on any atom is -0.368 e. The Balaban J connectivity index is 1.38. The van der Waals surface area contributed by atoms with Gasteiger partial charge in [0, 0.05) is 29.8 Å². The summed E-state index contributed by atoms with van der Waals surface area (Å²) in [6.45, 7) is 0. The van der Waals surface area contributed by atoms with Gasteiger partial charge < -0.3 is 16.8 Å². The van der Waals surface area contributed by atoms with Crippen LogP contribution in [0.5, 0.6) is 0 Å². The van der Waals surface area contributed by atoms with Gasteiger partial charge >= 0.3 is 0 Å². The Morgan fingerprint density at radius 2 is 1.81 bits per heavy atom. The van der Waals surface area contributed by atoms with Crippen LogP contribution in [0.3, 0.4) is 0 Å². The van der Waals surface area contributed by atoms with E-state index in [-0.39, 0.29) is 12.0 Å². The maximum absolute atomic E-state index is 6.22. The van der Waals surface area contributed by atoms with Crippen molar-refractivity contribution >= 4 is 38.6 Å². The van der Waals surface area contributed by atoms with Crippen molar-refractivity contribution in [1.29, 1.82) is 0 Å². The number of aromatic amines is 1. The number of anilines is 3. The van der Waals surface area contributed by atoms with E-state index in [0.29, 0.717) is 12.3 Å². The second kappa shape index (κ2) is 9.63. The zero-order valence-corrected chi connectivity index (χ0v) is 20.5. The van der Waals surface area contributed by atoms with E-state index in [9.17, 15) is 0 Å². The van der Waals surface area contributed by atoms with Gasteiger partial charge in [-0.1, -0.05) is 41.7 Å². The fourth-order valence-corrected chi connectivity index (χ4v) is 5.75. The van der Waals surface area contributed by atoms with Gasteiger partial charge in [-0.25, -0.2) is 15.0 Å². The highest BCUT2D eigenvalue weighted by Gasteiger charge is 2.27. The molecule has 5 aromatic rings. The molecule has 0 spiro atoms. The number of aromatic nitrogens is 6. The molecule has 0 unspecified atom stereocenters. The summed E-state index contributed by atoms with van der Waals surface area (Å²) in [5, 5.41) is 11.1. The molecule has 1 aliphatic rings. The molecule has 4 aromatic heterocycles. The molecule has 0 atom stereocenters. The lowest BCUT2D eigenvalue weighted by molar-refractivity contribution is 0.394. The van der Waals surface area contributed by atoms with Gasteiger partial charge in [0.2, 0.25) is 5.95 Å². The largest absolute Gasteiger partial charge is 0.368 e. The quantitative estimate of drug-likeness (QED) is 0.262. The SMILES string of the molecule is Nc1nc(Cc2ccccc2)c([C@H]2CC[C@H](N)CC2)c(Nc2nc3ccc(-c4cn[nH]c4)nc3s2)n1. The van der Waals surface area contributed by atoms with E-state index < -0.39 is 0 Å². The van der Waals surface area contributed by atoms with Crippen LogP contribution in [0.2, 0.25) is 0 Å². The third kappa shape index (κ3) is 4.65. The van der Waals surface area contributed by atoms with Crippen LogP contribution in [0, 0.1) is 0 Å². The lowest BCUT2D eigenvalue weighted by Crippen LogP contribution is -2.27. The number of H-pyrrole nitrogens is 1. The van der Waals surface area contributed by atoms with Gasteiger partial charge in [-0.2, -0.15) is 10.1 Å². The number of hydrogen-bond donors (Lipinski definition) is 4. The zero-order valence-electron chi connectivity index (χ0n) is 19.7. The molecule has 0 bridgehead atoms. The molecule has 9 nitrogen and oxygen atoms in total. The fraction of sp³-hybridized carbons (Fsp3) is 0.269. The van der Waals surface area contributed by atoms with Crippen LogP contribution in [0.1, 0.15) is 48.4 Å². The van der Waals surface area contributed by atoms with E-state index in [4.69, 9.17) is 26.4 Å². The molecule has 0 amide bonds. The van der Waals surface area contributed by atoms with Gasteiger partial charge in [0.15, 0.2) is 5.13 Å². The Kier molecular flexibility index (Phi) is 6.04. The molecule has 182 valence electrons. The number of rotatable bonds is 6. The summed E-state index contributed by atoms with van der Waals surface area (Å²) >= 11 is 1.49. The number of benzene rings is 1. The molecule has 1 fully saturated rings. The summed E-state index contributed by atoms with van der Waals surface area (Å²) in [7, 11) is 0. The molecule has 10 heteroatoms. The monoisotopic (exact) mass is 497 g/mol. The second-order valence-electron chi connectivity index (χ2n) is 9.22. The van der Waals surface area contributed by atoms with Crippen molar-refractivity contribution in [3.8, 4) is 11.3 Å². The first-order chi connectivity index (χ1) is 17.6. The highest BCUT2D eigenvalue weighted by molar-refractivity contribution is 7.21. The zero-order chi connectivity index (χ0) is 24.5. The van der Waals surface area contributed by atoms with Gasteiger partial charge in [-0.3, -0.25) is 5.10 Å². The van der Waals surface area contributed by atoms with E-state index in [1.807, 2.05) is 36.5 Å². The minimum absolute atomic E-state index is 0.251. The summed E-state index contributed by atoms with van der Waals surface area (Å²) in [6.07, 6.45) is 8.25. The van der Waals surface area contributed by atoms with Gasteiger partial charge in [-0.15, -0.1) is 0 Å². The minimum atomic E-state index is 0.251. The predicted molar refractivity (Wildman–Crippen MR) is 143 cm³/mol. The molecule has 0 aliphatic heterocycles. The van der Waals surface area contributed by atoms with Crippen molar-refractivity contribution in [3.05, 3.63) is 71.7 Å². The third-order valence-corrected chi connectivity index (χ3v) is 7.59. The summed E-state index contributed by atoms with van der Waals surface area (Å²) in [4.78, 5) is 19.7. The van der Waals surface area contributed by atoms with Gasteiger partial charge in [-0.05, 0) is 49.3 Å². The maximum atomic E-state index is 6.22. The molecule has 1 aromatic carbocycles. The highest BCUT2D eigenvalue weighted by atomic mass is 32.1. The van der Waals surface area contributed by atoms with E-state index >= 15 is 0 Å². The number of nitrogens with zero attached hydrogens (tertiary/aromatic N) is 5. The number of thiazole rings is 1. The molecule has 0 radical (unpaired) electrons. The topological polar surface area (TPSA) is 144 Å². The van der Waals surface area contributed by atoms with Crippen molar-refractivity contribution in [3.63, 3.8) is 0 Å². The first kappa shape index (κ1) is 22.6. The lowest BCUT2D eigenvalue weighted by atomic mass is 9.80. The number of nitrogen functional groups attached to an aromatic ring is 1.